The molecule has 2 heterocycles. The Morgan fingerprint density at radius 2 is 1.69 bits per heavy atom. The monoisotopic (exact) mass is 362 g/mol. The van der Waals surface area contributed by atoms with Gasteiger partial charge in [-0.3, -0.25) is 9.69 Å². The van der Waals surface area contributed by atoms with E-state index in [1.807, 2.05) is 52.6 Å². The standard InChI is InChI=1S/C22H22N2OS/c25-22(11-10-18-6-2-1-3-7-18)24-14-12-23(13-15-24)16-19-17-26-21-9-5-4-8-20(19)21/h1-11,17H,12-16H2/b11-10+. The Balaban J connectivity index is 1.32. The summed E-state index contributed by atoms with van der Waals surface area (Å²) < 4.78 is 1.35. The van der Waals surface area contributed by atoms with Crippen LogP contribution >= 0.6 is 11.3 Å². The topological polar surface area (TPSA) is 23.6 Å². The summed E-state index contributed by atoms with van der Waals surface area (Å²) in [6.07, 6.45) is 3.59. The highest BCUT2D eigenvalue weighted by atomic mass is 32.1. The molecule has 1 aromatic heterocycles. The van der Waals surface area contributed by atoms with Crippen LogP contribution in [0.15, 0.2) is 66.1 Å². The minimum absolute atomic E-state index is 0.106. The fourth-order valence-corrected chi connectivity index (χ4v) is 4.31. The highest BCUT2D eigenvalue weighted by Crippen LogP contribution is 2.26. The Kier molecular flexibility index (Phi) is 5.14. The van der Waals surface area contributed by atoms with Gasteiger partial charge in [0.25, 0.3) is 0 Å². The van der Waals surface area contributed by atoms with Crippen molar-refractivity contribution in [1.82, 2.24) is 9.80 Å². The first-order valence-electron chi connectivity index (χ1n) is 8.99. The van der Waals surface area contributed by atoms with Gasteiger partial charge >= 0.3 is 0 Å². The number of carbonyl (C=O) groups excluding carboxylic acids is 1. The Labute approximate surface area is 158 Å². The van der Waals surface area contributed by atoms with Crippen molar-refractivity contribution in [3.05, 3.63) is 77.2 Å². The van der Waals surface area contributed by atoms with Gasteiger partial charge in [-0.05, 0) is 34.0 Å². The van der Waals surface area contributed by atoms with Gasteiger partial charge in [-0.1, -0.05) is 48.5 Å². The van der Waals surface area contributed by atoms with Crippen molar-refractivity contribution in [3.8, 4) is 0 Å². The first-order valence-corrected chi connectivity index (χ1v) is 9.87. The predicted octanol–water partition coefficient (Wildman–Crippen LogP) is 4.26. The Bertz CT molecular complexity index is 908. The molecule has 1 aliphatic rings. The molecule has 0 spiro atoms. The molecule has 1 fully saturated rings. The summed E-state index contributed by atoms with van der Waals surface area (Å²) in [5.74, 6) is 0.106. The minimum atomic E-state index is 0.106. The molecule has 2 aromatic carbocycles. The smallest absolute Gasteiger partial charge is 0.246 e. The largest absolute Gasteiger partial charge is 0.337 e. The quantitative estimate of drug-likeness (QED) is 0.648. The summed E-state index contributed by atoms with van der Waals surface area (Å²) in [5, 5.41) is 3.63. The van der Waals surface area contributed by atoms with Crippen LogP contribution in [0.2, 0.25) is 0 Å². The van der Waals surface area contributed by atoms with Gasteiger partial charge in [0.05, 0.1) is 0 Å². The second-order valence-electron chi connectivity index (χ2n) is 6.60. The number of fused-ring (bicyclic) bond motifs is 1. The van der Waals surface area contributed by atoms with Crippen LogP contribution in [0.25, 0.3) is 16.2 Å². The molecule has 4 heteroatoms. The molecular formula is C22H22N2OS. The van der Waals surface area contributed by atoms with E-state index in [0.29, 0.717) is 0 Å². The van der Waals surface area contributed by atoms with Crippen molar-refractivity contribution >= 4 is 33.4 Å². The maximum Gasteiger partial charge on any atom is 0.246 e. The average Bonchev–Trinajstić information content (AvgIpc) is 3.10. The number of benzene rings is 2. The van der Waals surface area contributed by atoms with Gasteiger partial charge in [0.15, 0.2) is 0 Å². The number of hydrogen-bond acceptors (Lipinski definition) is 3. The molecule has 0 unspecified atom stereocenters. The van der Waals surface area contributed by atoms with Crippen LogP contribution in [0.5, 0.6) is 0 Å². The van der Waals surface area contributed by atoms with E-state index in [2.05, 4.69) is 34.5 Å². The van der Waals surface area contributed by atoms with Crippen molar-refractivity contribution in [2.45, 2.75) is 6.54 Å². The van der Waals surface area contributed by atoms with E-state index in [1.165, 1.54) is 15.6 Å². The summed E-state index contributed by atoms with van der Waals surface area (Å²) in [5.41, 5.74) is 2.46. The molecule has 0 atom stereocenters. The molecule has 1 aliphatic heterocycles. The first-order chi connectivity index (χ1) is 12.8. The van der Waals surface area contributed by atoms with Gasteiger partial charge in [0.1, 0.15) is 0 Å². The van der Waals surface area contributed by atoms with Crippen LogP contribution in [0, 0.1) is 0 Å². The van der Waals surface area contributed by atoms with Crippen LogP contribution in [0.1, 0.15) is 11.1 Å². The predicted molar refractivity (Wildman–Crippen MR) is 109 cm³/mol. The molecule has 0 bridgehead atoms. The Morgan fingerprint density at radius 1 is 0.962 bits per heavy atom. The lowest BCUT2D eigenvalue weighted by atomic mass is 10.1. The molecule has 3 nitrogen and oxygen atoms in total. The lowest BCUT2D eigenvalue weighted by Crippen LogP contribution is -2.47. The number of hydrogen-bond donors (Lipinski definition) is 0. The third-order valence-electron chi connectivity index (χ3n) is 4.86. The number of carbonyl (C=O) groups is 1. The number of amides is 1. The van der Waals surface area contributed by atoms with Gasteiger partial charge in [0.2, 0.25) is 5.91 Å². The second kappa shape index (κ2) is 7.85. The molecule has 26 heavy (non-hydrogen) atoms. The average molecular weight is 362 g/mol. The van der Waals surface area contributed by atoms with Crippen LogP contribution in [0.4, 0.5) is 0 Å². The lowest BCUT2D eigenvalue weighted by Gasteiger charge is -2.34. The maximum absolute atomic E-state index is 12.4. The molecule has 1 amide bonds. The molecular weight excluding hydrogens is 340 g/mol. The molecule has 0 N–H and O–H groups in total. The molecule has 132 valence electrons. The van der Waals surface area contributed by atoms with E-state index in [0.717, 1.165) is 38.3 Å². The minimum Gasteiger partial charge on any atom is -0.337 e. The SMILES string of the molecule is O=C(/C=C/c1ccccc1)N1CCN(Cc2csc3ccccc23)CC1. The Morgan fingerprint density at radius 3 is 2.50 bits per heavy atom. The summed E-state index contributed by atoms with van der Waals surface area (Å²) in [7, 11) is 0. The zero-order valence-electron chi connectivity index (χ0n) is 14.7. The van der Waals surface area contributed by atoms with Crippen molar-refractivity contribution in [1.29, 1.82) is 0 Å². The zero-order valence-corrected chi connectivity index (χ0v) is 15.5. The van der Waals surface area contributed by atoms with Crippen molar-refractivity contribution in [3.63, 3.8) is 0 Å². The molecule has 0 saturated carbocycles. The van der Waals surface area contributed by atoms with Crippen LogP contribution < -0.4 is 0 Å². The van der Waals surface area contributed by atoms with E-state index >= 15 is 0 Å². The van der Waals surface area contributed by atoms with Gasteiger partial charge < -0.3 is 4.90 Å². The maximum atomic E-state index is 12.4. The fraction of sp³-hybridized carbons (Fsp3) is 0.227. The van der Waals surface area contributed by atoms with Crippen molar-refractivity contribution in [2.24, 2.45) is 0 Å². The molecule has 0 radical (unpaired) electrons. The van der Waals surface area contributed by atoms with Gasteiger partial charge in [-0.25, -0.2) is 0 Å². The summed E-state index contributed by atoms with van der Waals surface area (Å²) in [6, 6.07) is 18.5. The lowest BCUT2D eigenvalue weighted by molar-refractivity contribution is -0.127. The van der Waals surface area contributed by atoms with E-state index in [4.69, 9.17) is 0 Å². The Hall–Kier alpha value is -2.43. The summed E-state index contributed by atoms with van der Waals surface area (Å²) in [6.45, 7) is 4.40. The number of rotatable bonds is 4. The first kappa shape index (κ1) is 17.0. The third kappa shape index (κ3) is 3.87. The van der Waals surface area contributed by atoms with E-state index in [-0.39, 0.29) is 5.91 Å². The van der Waals surface area contributed by atoms with Gasteiger partial charge in [-0.15, -0.1) is 11.3 Å². The second-order valence-corrected chi connectivity index (χ2v) is 7.51. The number of thiophene rings is 1. The molecule has 1 saturated heterocycles. The third-order valence-corrected chi connectivity index (χ3v) is 5.87. The molecule has 4 rings (SSSR count). The summed E-state index contributed by atoms with van der Waals surface area (Å²) >= 11 is 1.81. The van der Waals surface area contributed by atoms with E-state index in [1.54, 1.807) is 6.08 Å². The van der Waals surface area contributed by atoms with Crippen molar-refractivity contribution < 1.29 is 4.79 Å². The highest BCUT2D eigenvalue weighted by Gasteiger charge is 2.20. The van der Waals surface area contributed by atoms with E-state index < -0.39 is 0 Å². The van der Waals surface area contributed by atoms with E-state index in [9.17, 15) is 4.79 Å². The van der Waals surface area contributed by atoms with Crippen LogP contribution in [0.3, 0.4) is 0 Å². The van der Waals surface area contributed by atoms with Crippen LogP contribution in [-0.4, -0.2) is 41.9 Å². The highest BCUT2D eigenvalue weighted by molar-refractivity contribution is 7.17. The van der Waals surface area contributed by atoms with Crippen LogP contribution in [-0.2, 0) is 11.3 Å². The summed E-state index contributed by atoms with van der Waals surface area (Å²) in [4.78, 5) is 16.8. The normalized spacial score (nSPS) is 15.8. The van der Waals surface area contributed by atoms with Gasteiger partial charge in [0, 0.05) is 43.5 Å². The molecule has 0 aliphatic carbocycles. The number of piperazine rings is 1. The van der Waals surface area contributed by atoms with Crippen molar-refractivity contribution in [2.75, 3.05) is 26.2 Å². The fourth-order valence-electron chi connectivity index (χ4n) is 3.36. The zero-order chi connectivity index (χ0) is 17.8. The van der Waals surface area contributed by atoms with Gasteiger partial charge in [-0.2, -0.15) is 0 Å². The molecule has 3 aromatic rings. The number of nitrogens with zero attached hydrogens (tertiary/aromatic N) is 2.